The average molecular weight is 249 g/mol. The fourth-order valence-electron chi connectivity index (χ4n) is 1.68. The summed E-state index contributed by atoms with van der Waals surface area (Å²) in [5, 5.41) is 12.8. The van der Waals surface area contributed by atoms with E-state index in [1.807, 2.05) is 6.07 Å². The number of hydrogen-bond donors (Lipinski definition) is 2. The second kappa shape index (κ2) is 5.80. The van der Waals surface area contributed by atoms with Gasteiger partial charge in [-0.2, -0.15) is 0 Å². The van der Waals surface area contributed by atoms with Crippen molar-refractivity contribution in [3.05, 3.63) is 59.3 Å². The van der Waals surface area contributed by atoms with E-state index in [1.165, 1.54) is 12.3 Å². The van der Waals surface area contributed by atoms with Gasteiger partial charge in [0.2, 0.25) is 0 Å². The number of benzene rings is 1. The Hall–Kier alpha value is -1.65. The van der Waals surface area contributed by atoms with Crippen LogP contribution in [0.2, 0.25) is 0 Å². The second-order valence-electron chi connectivity index (χ2n) is 4.25. The van der Waals surface area contributed by atoms with E-state index in [-0.39, 0.29) is 5.82 Å². The maximum Gasteiger partial charge on any atom is 0.133 e. The van der Waals surface area contributed by atoms with Gasteiger partial charge in [-0.25, -0.2) is 4.39 Å². The molecule has 0 aliphatic carbocycles. The molecule has 4 heteroatoms. The van der Waals surface area contributed by atoms with Gasteiger partial charge in [0.1, 0.15) is 17.7 Å². The first-order valence-corrected chi connectivity index (χ1v) is 5.84. The lowest BCUT2D eigenvalue weighted by atomic mass is 10.1. The van der Waals surface area contributed by atoms with Gasteiger partial charge in [0, 0.05) is 13.1 Å². The van der Waals surface area contributed by atoms with E-state index in [0.717, 1.165) is 5.56 Å². The number of aryl methyl sites for hydroxylation is 1. The number of aliphatic hydroxyl groups is 1. The minimum absolute atomic E-state index is 0.208. The highest BCUT2D eigenvalue weighted by atomic mass is 19.1. The molecule has 0 aliphatic rings. The molecular formula is C14H16FNO2. The van der Waals surface area contributed by atoms with Crippen LogP contribution in [0, 0.1) is 12.7 Å². The molecule has 0 amide bonds. The van der Waals surface area contributed by atoms with Crippen LogP contribution in [0.1, 0.15) is 23.0 Å². The highest BCUT2D eigenvalue weighted by Crippen LogP contribution is 2.12. The topological polar surface area (TPSA) is 45.4 Å². The summed E-state index contributed by atoms with van der Waals surface area (Å²) in [6.07, 6.45) is 0.837. The number of aliphatic hydroxyl groups excluding tert-OH is 1. The van der Waals surface area contributed by atoms with Crippen molar-refractivity contribution in [2.24, 2.45) is 0 Å². The van der Waals surface area contributed by atoms with Crippen LogP contribution in [0.3, 0.4) is 0 Å². The zero-order valence-electron chi connectivity index (χ0n) is 10.2. The minimum atomic E-state index is -0.685. The Morgan fingerprint density at radius 1 is 1.39 bits per heavy atom. The zero-order chi connectivity index (χ0) is 13.0. The van der Waals surface area contributed by atoms with Crippen LogP contribution in [0.5, 0.6) is 0 Å². The Kier molecular flexibility index (Phi) is 4.12. The van der Waals surface area contributed by atoms with Gasteiger partial charge in [-0.3, -0.25) is 0 Å². The van der Waals surface area contributed by atoms with E-state index in [1.54, 1.807) is 25.1 Å². The standard InChI is InChI=1S/C14H16FNO2/c1-10-4-5-11(7-12(10)15)8-16-9-13(17)14-3-2-6-18-14/h2-7,13,16-17H,8-9H2,1H3. The summed E-state index contributed by atoms with van der Waals surface area (Å²) in [4.78, 5) is 0. The molecule has 96 valence electrons. The van der Waals surface area contributed by atoms with Crippen LogP contribution < -0.4 is 5.32 Å². The Labute approximate surface area is 105 Å². The van der Waals surface area contributed by atoms with Gasteiger partial charge in [-0.1, -0.05) is 12.1 Å². The van der Waals surface area contributed by atoms with Gasteiger partial charge in [0.05, 0.1) is 6.26 Å². The van der Waals surface area contributed by atoms with Gasteiger partial charge < -0.3 is 14.8 Å². The first kappa shape index (κ1) is 12.8. The van der Waals surface area contributed by atoms with E-state index in [0.29, 0.717) is 24.4 Å². The van der Waals surface area contributed by atoms with Crippen molar-refractivity contribution >= 4 is 0 Å². The highest BCUT2D eigenvalue weighted by Gasteiger charge is 2.09. The number of nitrogens with one attached hydrogen (secondary N) is 1. The maximum atomic E-state index is 13.3. The van der Waals surface area contributed by atoms with Crippen LogP contribution in [-0.2, 0) is 6.54 Å². The lowest BCUT2D eigenvalue weighted by Gasteiger charge is -2.10. The molecule has 0 fully saturated rings. The lowest BCUT2D eigenvalue weighted by molar-refractivity contribution is 0.147. The molecule has 0 saturated carbocycles. The Bertz CT molecular complexity index is 497. The molecule has 1 aromatic heterocycles. The summed E-state index contributed by atoms with van der Waals surface area (Å²) in [6.45, 7) is 2.60. The van der Waals surface area contributed by atoms with Crippen molar-refractivity contribution < 1.29 is 13.9 Å². The molecule has 0 radical (unpaired) electrons. The second-order valence-corrected chi connectivity index (χ2v) is 4.25. The highest BCUT2D eigenvalue weighted by molar-refractivity contribution is 5.23. The van der Waals surface area contributed by atoms with Crippen LogP contribution in [0.4, 0.5) is 4.39 Å². The summed E-state index contributed by atoms with van der Waals surface area (Å²) in [6, 6.07) is 8.56. The van der Waals surface area contributed by atoms with Gasteiger partial charge >= 0.3 is 0 Å². The van der Waals surface area contributed by atoms with E-state index in [2.05, 4.69) is 5.32 Å². The van der Waals surface area contributed by atoms with Gasteiger partial charge in [0.25, 0.3) is 0 Å². The molecular weight excluding hydrogens is 233 g/mol. The van der Waals surface area contributed by atoms with Crippen LogP contribution in [-0.4, -0.2) is 11.7 Å². The summed E-state index contributed by atoms with van der Waals surface area (Å²) in [5.41, 5.74) is 1.49. The Balaban J connectivity index is 1.83. The molecule has 2 rings (SSSR count). The normalized spacial score (nSPS) is 12.6. The molecule has 2 aromatic rings. The summed E-state index contributed by atoms with van der Waals surface area (Å²) >= 11 is 0. The van der Waals surface area contributed by atoms with Crippen molar-refractivity contribution in [2.45, 2.75) is 19.6 Å². The molecule has 1 unspecified atom stereocenters. The summed E-state index contributed by atoms with van der Waals surface area (Å²) in [7, 11) is 0. The largest absolute Gasteiger partial charge is 0.467 e. The third kappa shape index (κ3) is 3.18. The number of halogens is 1. The van der Waals surface area contributed by atoms with Gasteiger partial charge in [-0.05, 0) is 36.2 Å². The third-order valence-corrected chi connectivity index (χ3v) is 2.77. The average Bonchev–Trinajstić information content (AvgIpc) is 2.87. The molecule has 1 aromatic carbocycles. The Morgan fingerprint density at radius 2 is 2.22 bits per heavy atom. The lowest BCUT2D eigenvalue weighted by Crippen LogP contribution is -2.20. The monoisotopic (exact) mass is 249 g/mol. The van der Waals surface area contributed by atoms with Crippen LogP contribution in [0.15, 0.2) is 41.0 Å². The first-order chi connectivity index (χ1) is 8.66. The molecule has 1 atom stereocenters. The van der Waals surface area contributed by atoms with Crippen molar-refractivity contribution in [2.75, 3.05) is 6.54 Å². The fourth-order valence-corrected chi connectivity index (χ4v) is 1.68. The van der Waals surface area contributed by atoms with Gasteiger partial charge in [-0.15, -0.1) is 0 Å². The van der Waals surface area contributed by atoms with Crippen molar-refractivity contribution in [3.63, 3.8) is 0 Å². The van der Waals surface area contributed by atoms with E-state index in [4.69, 9.17) is 4.42 Å². The van der Waals surface area contributed by atoms with Crippen molar-refractivity contribution in [1.82, 2.24) is 5.32 Å². The third-order valence-electron chi connectivity index (χ3n) is 2.77. The summed E-state index contributed by atoms with van der Waals surface area (Å²) < 4.78 is 18.4. The smallest absolute Gasteiger partial charge is 0.133 e. The van der Waals surface area contributed by atoms with Crippen molar-refractivity contribution in [1.29, 1.82) is 0 Å². The predicted molar refractivity (Wildman–Crippen MR) is 66.5 cm³/mol. The molecule has 0 bridgehead atoms. The molecule has 2 N–H and O–H groups in total. The fraction of sp³-hybridized carbons (Fsp3) is 0.286. The molecule has 0 saturated heterocycles. The van der Waals surface area contributed by atoms with Crippen LogP contribution in [0.25, 0.3) is 0 Å². The molecule has 0 spiro atoms. The SMILES string of the molecule is Cc1ccc(CNCC(O)c2ccco2)cc1F. The van der Waals surface area contributed by atoms with Gasteiger partial charge in [0.15, 0.2) is 0 Å². The zero-order valence-corrected chi connectivity index (χ0v) is 10.2. The molecule has 18 heavy (non-hydrogen) atoms. The molecule has 3 nitrogen and oxygen atoms in total. The number of rotatable bonds is 5. The quantitative estimate of drug-likeness (QED) is 0.856. The number of furan rings is 1. The first-order valence-electron chi connectivity index (χ1n) is 5.84. The molecule has 1 heterocycles. The van der Waals surface area contributed by atoms with Crippen LogP contribution >= 0.6 is 0 Å². The van der Waals surface area contributed by atoms with E-state index < -0.39 is 6.10 Å². The molecule has 0 aliphatic heterocycles. The summed E-state index contributed by atoms with van der Waals surface area (Å²) in [5.74, 6) is 0.318. The number of hydrogen-bond acceptors (Lipinski definition) is 3. The van der Waals surface area contributed by atoms with E-state index in [9.17, 15) is 9.50 Å². The van der Waals surface area contributed by atoms with E-state index >= 15 is 0 Å². The minimum Gasteiger partial charge on any atom is -0.467 e. The Morgan fingerprint density at radius 3 is 2.89 bits per heavy atom. The predicted octanol–water partition coefficient (Wildman–Crippen LogP) is 2.55. The maximum absolute atomic E-state index is 13.3. The van der Waals surface area contributed by atoms with Crippen molar-refractivity contribution in [3.8, 4) is 0 Å².